The predicted octanol–water partition coefficient (Wildman–Crippen LogP) is 2.62. The number of esters is 2. The molecule has 0 saturated heterocycles. The highest BCUT2D eigenvalue weighted by Gasteiger charge is 2.24. The Morgan fingerprint density at radius 1 is 1.05 bits per heavy atom. The van der Waals surface area contributed by atoms with Crippen molar-refractivity contribution in [2.75, 3.05) is 7.11 Å². The minimum absolute atomic E-state index is 0.524. The van der Waals surface area contributed by atoms with Crippen LogP contribution in [0, 0.1) is 0 Å². The summed E-state index contributed by atoms with van der Waals surface area (Å²) in [5.74, 6) is -1.12. The average molecular weight is 258 g/mol. The van der Waals surface area contributed by atoms with Crippen LogP contribution in [0.4, 0.5) is 0 Å². The van der Waals surface area contributed by atoms with Gasteiger partial charge in [-0.1, -0.05) is 36.4 Å². The molecule has 4 heteroatoms. The van der Waals surface area contributed by atoms with Gasteiger partial charge in [0.1, 0.15) is 0 Å². The van der Waals surface area contributed by atoms with Crippen molar-refractivity contribution >= 4 is 22.7 Å². The van der Waals surface area contributed by atoms with E-state index in [-0.39, 0.29) is 0 Å². The molecule has 0 aliphatic rings. The second-order valence-corrected chi connectivity index (χ2v) is 4.12. The van der Waals surface area contributed by atoms with E-state index in [9.17, 15) is 9.59 Å². The van der Waals surface area contributed by atoms with E-state index in [2.05, 4.69) is 4.74 Å². The maximum absolute atomic E-state index is 11.7. The highest BCUT2D eigenvalue weighted by atomic mass is 16.6. The van der Waals surface area contributed by atoms with E-state index in [0.717, 1.165) is 10.8 Å². The van der Waals surface area contributed by atoms with Crippen molar-refractivity contribution in [1.82, 2.24) is 0 Å². The molecule has 19 heavy (non-hydrogen) atoms. The summed E-state index contributed by atoms with van der Waals surface area (Å²) in [4.78, 5) is 22.8. The first-order chi connectivity index (χ1) is 9.11. The molecule has 0 fully saturated rings. The van der Waals surface area contributed by atoms with Crippen molar-refractivity contribution in [3.8, 4) is 0 Å². The zero-order chi connectivity index (χ0) is 13.8. The lowest BCUT2D eigenvalue weighted by molar-refractivity contribution is -0.165. The van der Waals surface area contributed by atoms with Gasteiger partial charge in [-0.3, -0.25) is 4.79 Å². The van der Waals surface area contributed by atoms with Crippen molar-refractivity contribution in [1.29, 1.82) is 0 Å². The monoisotopic (exact) mass is 258 g/mol. The zero-order valence-electron chi connectivity index (χ0n) is 10.8. The lowest BCUT2D eigenvalue weighted by Crippen LogP contribution is -2.19. The lowest BCUT2D eigenvalue weighted by atomic mass is 10.0. The van der Waals surface area contributed by atoms with Gasteiger partial charge in [-0.05, 0) is 16.8 Å². The minimum atomic E-state index is -1.02. The van der Waals surface area contributed by atoms with Crippen LogP contribution in [0.15, 0.2) is 42.5 Å². The Hall–Kier alpha value is -2.36. The second kappa shape index (κ2) is 5.52. The van der Waals surface area contributed by atoms with Gasteiger partial charge in [0.05, 0.1) is 7.11 Å². The van der Waals surface area contributed by atoms with Gasteiger partial charge in [0.25, 0.3) is 0 Å². The molecule has 0 amide bonds. The van der Waals surface area contributed by atoms with Crippen molar-refractivity contribution in [2.45, 2.75) is 13.0 Å². The Morgan fingerprint density at radius 3 is 2.37 bits per heavy atom. The average Bonchev–Trinajstić information content (AvgIpc) is 2.43. The third kappa shape index (κ3) is 2.91. The molecule has 2 rings (SSSR count). The number of carbonyl (C=O) groups excluding carboxylic acids is 2. The molecule has 0 N–H and O–H groups in total. The molecule has 4 nitrogen and oxygen atoms in total. The maximum atomic E-state index is 11.7. The molecule has 0 aliphatic carbocycles. The molecule has 0 spiro atoms. The topological polar surface area (TPSA) is 52.6 Å². The van der Waals surface area contributed by atoms with E-state index in [4.69, 9.17) is 4.74 Å². The maximum Gasteiger partial charge on any atom is 0.351 e. The van der Waals surface area contributed by atoms with Crippen LogP contribution in [0.5, 0.6) is 0 Å². The molecule has 0 bridgehead atoms. The molecule has 1 atom stereocenters. The number of methoxy groups -OCH3 is 1. The number of hydrogen-bond acceptors (Lipinski definition) is 4. The van der Waals surface area contributed by atoms with Crippen LogP contribution < -0.4 is 0 Å². The van der Waals surface area contributed by atoms with Crippen molar-refractivity contribution in [3.63, 3.8) is 0 Å². The van der Waals surface area contributed by atoms with E-state index >= 15 is 0 Å². The van der Waals surface area contributed by atoms with Crippen molar-refractivity contribution in [2.24, 2.45) is 0 Å². The quantitative estimate of drug-likeness (QED) is 0.794. The van der Waals surface area contributed by atoms with Crippen LogP contribution in [-0.4, -0.2) is 19.0 Å². The molecule has 0 radical (unpaired) electrons. The van der Waals surface area contributed by atoms with Gasteiger partial charge < -0.3 is 9.47 Å². The number of ether oxygens (including phenoxy) is 2. The molecular formula is C15H14O4. The number of rotatable bonds is 3. The first kappa shape index (κ1) is 13.1. The van der Waals surface area contributed by atoms with Crippen LogP contribution >= 0.6 is 0 Å². The Kier molecular flexibility index (Phi) is 3.80. The van der Waals surface area contributed by atoms with Crippen LogP contribution in [0.2, 0.25) is 0 Å². The zero-order valence-corrected chi connectivity index (χ0v) is 10.8. The van der Waals surface area contributed by atoms with E-state index in [1.54, 1.807) is 6.07 Å². The molecule has 2 aromatic carbocycles. The van der Waals surface area contributed by atoms with Gasteiger partial charge >= 0.3 is 11.9 Å². The predicted molar refractivity (Wildman–Crippen MR) is 70.5 cm³/mol. The summed E-state index contributed by atoms with van der Waals surface area (Å²) < 4.78 is 9.69. The lowest BCUT2D eigenvalue weighted by Gasteiger charge is -2.15. The Morgan fingerprint density at radius 2 is 1.74 bits per heavy atom. The van der Waals surface area contributed by atoms with Gasteiger partial charge in [-0.25, -0.2) is 4.79 Å². The Balaban J connectivity index is 2.43. The third-order valence-corrected chi connectivity index (χ3v) is 2.78. The summed E-state index contributed by atoms with van der Waals surface area (Å²) in [5.41, 5.74) is 0.598. The van der Waals surface area contributed by atoms with Gasteiger partial charge in [-0.2, -0.15) is 0 Å². The summed E-state index contributed by atoms with van der Waals surface area (Å²) in [6.45, 7) is 1.26. The summed E-state index contributed by atoms with van der Waals surface area (Å²) >= 11 is 0. The van der Waals surface area contributed by atoms with Gasteiger partial charge in [0.15, 0.2) is 0 Å². The fourth-order valence-corrected chi connectivity index (χ4v) is 1.90. The Labute approximate surface area is 110 Å². The summed E-state index contributed by atoms with van der Waals surface area (Å²) in [7, 11) is 1.26. The first-order valence-electron chi connectivity index (χ1n) is 5.85. The molecular weight excluding hydrogens is 244 g/mol. The molecule has 1 unspecified atom stereocenters. The van der Waals surface area contributed by atoms with Crippen LogP contribution in [0.25, 0.3) is 10.8 Å². The highest BCUT2D eigenvalue weighted by molar-refractivity contribution is 5.86. The molecule has 0 aromatic heterocycles. The Bertz CT molecular complexity index is 618. The standard InChI is InChI=1S/C15H14O4/c1-10(16)19-14(15(17)18-2)13-8-7-11-5-3-4-6-12(11)9-13/h3-9,14H,1-2H3. The number of hydrogen-bond donors (Lipinski definition) is 0. The van der Waals surface area contributed by atoms with Crippen LogP contribution in [0.1, 0.15) is 18.6 Å². The smallest absolute Gasteiger partial charge is 0.351 e. The van der Waals surface area contributed by atoms with E-state index in [1.807, 2.05) is 36.4 Å². The summed E-state index contributed by atoms with van der Waals surface area (Å²) in [6, 6.07) is 13.2. The van der Waals surface area contributed by atoms with E-state index in [0.29, 0.717) is 5.56 Å². The first-order valence-corrected chi connectivity index (χ1v) is 5.85. The molecule has 0 saturated carbocycles. The normalized spacial score (nSPS) is 11.9. The number of benzene rings is 2. The van der Waals surface area contributed by atoms with E-state index in [1.165, 1.54) is 14.0 Å². The number of fused-ring (bicyclic) bond motifs is 1. The second-order valence-electron chi connectivity index (χ2n) is 4.12. The van der Waals surface area contributed by atoms with Gasteiger partial charge in [0.2, 0.25) is 6.10 Å². The van der Waals surface area contributed by atoms with Gasteiger partial charge in [0, 0.05) is 12.5 Å². The van der Waals surface area contributed by atoms with Crippen LogP contribution in [-0.2, 0) is 19.1 Å². The fraction of sp³-hybridized carbons (Fsp3) is 0.200. The molecule has 0 aliphatic heterocycles. The van der Waals surface area contributed by atoms with Crippen molar-refractivity contribution in [3.05, 3.63) is 48.0 Å². The SMILES string of the molecule is COC(=O)C(OC(C)=O)c1ccc2ccccc2c1. The summed E-state index contributed by atoms with van der Waals surface area (Å²) in [6.07, 6.45) is -1.02. The van der Waals surface area contributed by atoms with Crippen molar-refractivity contribution < 1.29 is 19.1 Å². The summed E-state index contributed by atoms with van der Waals surface area (Å²) in [5, 5.41) is 2.03. The third-order valence-electron chi connectivity index (χ3n) is 2.78. The largest absolute Gasteiger partial charge is 0.466 e. The molecule has 0 heterocycles. The number of carbonyl (C=O) groups is 2. The highest BCUT2D eigenvalue weighted by Crippen LogP contribution is 2.24. The van der Waals surface area contributed by atoms with E-state index < -0.39 is 18.0 Å². The molecule has 2 aromatic rings. The fourth-order valence-electron chi connectivity index (χ4n) is 1.90. The van der Waals surface area contributed by atoms with Crippen LogP contribution in [0.3, 0.4) is 0 Å². The van der Waals surface area contributed by atoms with Gasteiger partial charge in [-0.15, -0.1) is 0 Å². The minimum Gasteiger partial charge on any atom is -0.466 e. The molecule has 98 valence electrons.